The lowest BCUT2D eigenvalue weighted by Gasteiger charge is -2.25. The molecule has 1 atom stereocenters. The number of pyridine rings is 1. The number of ether oxygens (including phenoxy) is 1. The van der Waals surface area contributed by atoms with E-state index in [0.29, 0.717) is 29.5 Å². The molecule has 1 aromatic heterocycles. The first-order valence-electron chi connectivity index (χ1n) is 8.96. The Balaban J connectivity index is 1.72. The van der Waals surface area contributed by atoms with Crippen molar-refractivity contribution in [1.29, 1.82) is 0 Å². The van der Waals surface area contributed by atoms with Crippen molar-refractivity contribution in [2.24, 2.45) is 0 Å². The van der Waals surface area contributed by atoms with Gasteiger partial charge in [-0.05, 0) is 47.2 Å². The number of non-ortho nitro benzene ring substituents is 1. The Hall–Kier alpha value is -3.54. The molecule has 28 heavy (non-hydrogen) atoms. The number of fused-ring (bicyclic) bond motifs is 1. The topological polar surface area (TPSA) is 82.3 Å². The zero-order valence-electron chi connectivity index (χ0n) is 15.3. The molecule has 0 unspecified atom stereocenters. The van der Waals surface area contributed by atoms with E-state index >= 15 is 0 Å². The van der Waals surface area contributed by atoms with Crippen LogP contribution in [0.2, 0.25) is 0 Å². The van der Waals surface area contributed by atoms with E-state index in [1.165, 1.54) is 12.1 Å². The lowest BCUT2D eigenvalue weighted by atomic mass is 9.79. The number of aromatic nitrogens is 1. The first kappa shape index (κ1) is 17.9. The summed E-state index contributed by atoms with van der Waals surface area (Å²) in [5, 5.41) is 11.1. The van der Waals surface area contributed by atoms with Crippen LogP contribution in [0.5, 0.6) is 5.75 Å². The molecule has 0 amide bonds. The van der Waals surface area contributed by atoms with Crippen LogP contribution in [0.15, 0.2) is 60.8 Å². The molecule has 6 heteroatoms. The fourth-order valence-electron chi connectivity index (χ4n) is 3.74. The predicted octanol–water partition coefficient (Wildman–Crippen LogP) is 4.58. The molecular weight excluding hydrogens is 356 g/mol. The molecule has 0 fully saturated rings. The van der Waals surface area contributed by atoms with Crippen molar-refractivity contribution in [2.45, 2.75) is 18.8 Å². The Bertz CT molecular complexity index is 1060. The third kappa shape index (κ3) is 3.24. The summed E-state index contributed by atoms with van der Waals surface area (Å²) in [5.41, 5.74) is 3.74. The van der Waals surface area contributed by atoms with Gasteiger partial charge in [-0.15, -0.1) is 0 Å². The number of benzene rings is 2. The van der Waals surface area contributed by atoms with Gasteiger partial charge in [-0.2, -0.15) is 0 Å². The van der Waals surface area contributed by atoms with E-state index in [4.69, 9.17) is 4.74 Å². The number of ketones is 1. The zero-order valence-corrected chi connectivity index (χ0v) is 15.3. The summed E-state index contributed by atoms with van der Waals surface area (Å²) in [5.74, 6) is 0.841. The Morgan fingerprint density at radius 1 is 1.11 bits per heavy atom. The van der Waals surface area contributed by atoms with E-state index in [2.05, 4.69) is 4.98 Å². The van der Waals surface area contributed by atoms with Crippen LogP contribution >= 0.6 is 0 Å². The Morgan fingerprint density at radius 3 is 2.61 bits per heavy atom. The summed E-state index contributed by atoms with van der Waals surface area (Å²) >= 11 is 0. The number of Topliss-reactive ketones (excluding diaryl/α,β-unsaturated/α-hetero) is 1. The zero-order chi connectivity index (χ0) is 19.7. The fourth-order valence-corrected chi connectivity index (χ4v) is 3.74. The summed E-state index contributed by atoms with van der Waals surface area (Å²) in [7, 11) is 1.62. The van der Waals surface area contributed by atoms with Gasteiger partial charge >= 0.3 is 0 Å². The van der Waals surface area contributed by atoms with Gasteiger partial charge in [0.25, 0.3) is 5.69 Å². The van der Waals surface area contributed by atoms with Crippen LogP contribution in [0.25, 0.3) is 11.1 Å². The van der Waals surface area contributed by atoms with E-state index < -0.39 is 4.92 Å². The van der Waals surface area contributed by atoms with Crippen LogP contribution in [0.4, 0.5) is 5.69 Å². The van der Waals surface area contributed by atoms with E-state index in [0.717, 1.165) is 17.0 Å². The minimum Gasteiger partial charge on any atom is -0.497 e. The molecule has 6 nitrogen and oxygen atoms in total. The Kier molecular flexibility index (Phi) is 4.61. The van der Waals surface area contributed by atoms with Crippen LogP contribution in [0.3, 0.4) is 0 Å². The van der Waals surface area contributed by atoms with Gasteiger partial charge in [-0.1, -0.05) is 24.3 Å². The Labute approximate surface area is 162 Å². The quantitative estimate of drug-likeness (QED) is 0.493. The average Bonchev–Trinajstić information content (AvgIpc) is 2.73. The van der Waals surface area contributed by atoms with E-state index in [-0.39, 0.29) is 17.4 Å². The smallest absolute Gasteiger partial charge is 0.270 e. The first-order chi connectivity index (χ1) is 13.6. The minimum atomic E-state index is -0.432. The lowest BCUT2D eigenvalue weighted by Crippen LogP contribution is -2.21. The van der Waals surface area contributed by atoms with E-state index in [1.807, 2.05) is 24.3 Å². The molecule has 140 valence electrons. The number of carbonyl (C=O) groups excluding carboxylic acids is 1. The molecule has 0 bridgehead atoms. The summed E-state index contributed by atoms with van der Waals surface area (Å²) < 4.78 is 5.20. The van der Waals surface area contributed by atoms with Crippen molar-refractivity contribution in [3.05, 3.63) is 87.7 Å². The molecule has 0 radical (unpaired) electrons. The highest BCUT2D eigenvalue weighted by atomic mass is 16.6. The average molecular weight is 374 g/mol. The largest absolute Gasteiger partial charge is 0.497 e. The second-order valence-electron chi connectivity index (χ2n) is 6.79. The van der Waals surface area contributed by atoms with Gasteiger partial charge in [0.05, 0.1) is 17.7 Å². The molecule has 0 saturated heterocycles. The van der Waals surface area contributed by atoms with Gasteiger partial charge < -0.3 is 4.74 Å². The minimum absolute atomic E-state index is 0.00225. The second-order valence-corrected chi connectivity index (χ2v) is 6.79. The van der Waals surface area contributed by atoms with E-state index in [9.17, 15) is 14.9 Å². The number of hydrogen-bond donors (Lipinski definition) is 0. The molecule has 1 aliphatic carbocycles. The molecule has 0 aliphatic heterocycles. The van der Waals surface area contributed by atoms with Crippen molar-refractivity contribution in [2.75, 3.05) is 7.11 Å². The highest BCUT2D eigenvalue weighted by molar-refractivity contribution is 6.04. The summed E-state index contributed by atoms with van der Waals surface area (Å²) in [6, 6.07) is 15.8. The number of hydrogen-bond acceptors (Lipinski definition) is 5. The van der Waals surface area contributed by atoms with Crippen LogP contribution < -0.4 is 4.74 Å². The van der Waals surface area contributed by atoms with Crippen molar-refractivity contribution in [3.63, 3.8) is 0 Å². The maximum atomic E-state index is 13.0. The van der Waals surface area contributed by atoms with Crippen LogP contribution in [-0.4, -0.2) is 22.8 Å². The highest BCUT2D eigenvalue weighted by Crippen LogP contribution is 2.37. The normalized spacial score (nSPS) is 15.8. The van der Waals surface area contributed by atoms with Crippen molar-refractivity contribution >= 4 is 11.5 Å². The number of nitro benzene ring substituents is 1. The number of nitrogens with zero attached hydrogens (tertiary/aromatic N) is 2. The lowest BCUT2D eigenvalue weighted by molar-refractivity contribution is -0.384. The summed E-state index contributed by atoms with van der Waals surface area (Å²) in [6.45, 7) is 0. The molecular formula is C22H18N2O4. The van der Waals surface area contributed by atoms with Gasteiger partial charge in [0.1, 0.15) is 5.75 Å². The van der Waals surface area contributed by atoms with Gasteiger partial charge in [0, 0.05) is 30.3 Å². The predicted molar refractivity (Wildman–Crippen MR) is 105 cm³/mol. The van der Waals surface area contributed by atoms with Crippen LogP contribution in [-0.2, 0) is 6.42 Å². The first-order valence-corrected chi connectivity index (χ1v) is 8.96. The van der Waals surface area contributed by atoms with Crippen LogP contribution in [0.1, 0.15) is 34.0 Å². The second kappa shape index (κ2) is 7.23. The highest BCUT2D eigenvalue weighted by Gasteiger charge is 2.30. The SMILES string of the molecule is COc1ccc([C@@H]2CC(=O)c3c(-c4cccc([N+](=O)[O-])c4)ccnc3C2)cc1. The van der Waals surface area contributed by atoms with Gasteiger partial charge in [0.15, 0.2) is 5.78 Å². The molecule has 4 rings (SSSR count). The summed E-state index contributed by atoms with van der Waals surface area (Å²) in [4.78, 5) is 28.1. The number of carbonyl (C=O) groups is 1. The number of rotatable bonds is 4. The van der Waals surface area contributed by atoms with Gasteiger partial charge in [0.2, 0.25) is 0 Å². The maximum Gasteiger partial charge on any atom is 0.270 e. The maximum absolute atomic E-state index is 13.0. The number of methoxy groups -OCH3 is 1. The Morgan fingerprint density at radius 2 is 1.89 bits per heavy atom. The third-order valence-corrected chi connectivity index (χ3v) is 5.14. The molecule has 0 spiro atoms. The van der Waals surface area contributed by atoms with Crippen molar-refractivity contribution < 1.29 is 14.5 Å². The molecule has 2 aromatic carbocycles. The molecule has 1 aliphatic rings. The van der Waals surface area contributed by atoms with Gasteiger partial charge in [-0.25, -0.2) is 0 Å². The van der Waals surface area contributed by atoms with Crippen molar-refractivity contribution in [3.8, 4) is 16.9 Å². The third-order valence-electron chi connectivity index (χ3n) is 5.14. The molecule has 1 heterocycles. The van der Waals surface area contributed by atoms with Crippen LogP contribution in [0, 0.1) is 10.1 Å². The molecule has 0 saturated carbocycles. The van der Waals surface area contributed by atoms with Gasteiger partial charge in [-0.3, -0.25) is 19.9 Å². The summed E-state index contributed by atoms with van der Waals surface area (Å²) in [6.07, 6.45) is 2.69. The monoisotopic (exact) mass is 374 g/mol. The standard InChI is InChI=1S/C22H18N2O4/c1-28-18-7-5-14(6-8-18)16-12-20-22(21(25)13-16)19(9-10-23-20)15-3-2-4-17(11-15)24(26)27/h2-11,16H,12-13H2,1H3/t16-/m0/s1. The van der Waals surface area contributed by atoms with Crippen molar-refractivity contribution in [1.82, 2.24) is 4.98 Å². The molecule has 0 N–H and O–H groups in total. The fraction of sp³-hybridized carbons (Fsp3) is 0.182. The molecule has 3 aromatic rings. The number of nitro groups is 1. The van der Waals surface area contributed by atoms with E-state index in [1.54, 1.807) is 31.5 Å².